The summed E-state index contributed by atoms with van der Waals surface area (Å²) in [4.78, 5) is 22.6. The van der Waals surface area contributed by atoms with E-state index in [1.54, 1.807) is 11.3 Å². The van der Waals surface area contributed by atoms with Gasteiger partial charge in [0.2, 0.25) is 5.88 Å². The van der Waals surface area contributed by atoms with Crippen molar-refractivity contribution in [3.8, 4) is 17.4 Å². The summed E-state index contributed by atoms with van der Waals surface area (Å²) in [6.07, 6.45) is 1.21. The average molecular weight is 385 g/mol. The summed E-state index contributed by atoms with van der Waals surface area (Å²) in [5, 5.41) is 3.68. The highest BCUT2D eigenvalue weighted by molar-refractivity contribution is 7.18. The lowest BCUT2D eigenvalue weighted by Crippen LogP contribution is -2.42. The third-order valence-corrected chi connectivity index (χ3v) is 5.48. The summed E-state index contributed by atoms with van der Waals surface area (Å²) < 4.78 is 17.1. The van der Waals surface area contributed by atoms with Crippen LogP contribution in [0.25, 0.3) is 10.2 Å². The van der Waals surface area contributed by atoms with Gasteiger partial charge in [-0.25, -0.2) is 9.97 Å². The molecule has 1 atom stereocenters. The molecule has 1 aromatic carbocycles. The normalized spacial score (nSPS) is 15.6. The van der Waals surface area contributed by atoms with Gasteiger partial charge in [0.25, 0.3) is 5.91 Å². The molecule has 4 rings (SSSR count). The Kier molecular flexibility index (Phi) is 4.81. The van der Waals surface area contributed by atoms with E-state index < -0.39 is 0 Å². The van der Waals surface area contributed by atoms with E-state index >= 15 is 0 Å². The van der Waals surface area contributed by atoms with Gasteiger partial charge in [-0.05, 0) is 31.5 Å². The number of ether oxygens (including phenoxy) is 3. The van der Waals surface area contributed by atoms with Crippen molar-refractivity contribution < 1.29 is 19.0 Å². The highest BCUT2D eigenvalue weighted by Crippen LogP contribution is 2.33. The van der Waals surface area contributed by atoms with Crippen molar-refractivity contribution in [1.29, 1.82) is 0 Å². The predicted molar refractivity (Wildman–Crippen MR) is 102 cm³/mol. The molecular weight excluding hydrogens is 366 g/mol. The van der Waals surface area contributed by atoms with Crippen molar-refractivity contribution >= 4 is 27.5 Å². The maximum absolute atomic E-state index is 12.2. The number of carbonyl (C=O) groups is 1. The monoisotopic (exact) mass is 385 g/mol. The number of carbonyl (C=O) groups excluding carboxylic acids is 1. The van der Waals surface area contributed by atoms with Gasteiger partial charge < -0.3 is 19.5 Å². The van der Waals surface area contributed by atoms with Gasteiger partial charge in [-0.2, -0.15) is 0 Å². The van der Waals surface area contributed by atoms with Gasteiger partial charge in [-0.3, -0.25) is 4.79 Å². The largest absolute Gasteiger partial charge is 0.486 e. The summed E-state index contributed by atoms with van der Waals surface area (Å²) in [6.45, 7) is 4.64. The van der Waals surface area contributed by atoms with Crippen LogP contribution in [0, 0.1) is 13.8 Å². The zero-order valence-electron chi connectivity index (χ0n) is 15.0. The van der Waals surface area contributed by atoms with E-state index in [0.29, 0.717) is 24.8 Å². The number of amides is 1. The molecule has 27 heavy (non-hydrogen) atoms. The van der Waals surface area contributed by atoms with E-state index in [1.807, 2.05) is 38.1 Å². The molecule has 1 aliphatic heterocycles. The Balaban J connectivity index is 1.32. The van der Waals surface area contributed by atoms with Crippen LogP contribution >= 0.6 is 11.3 Å². The van der Waals surface area contributed by atoms with Crippen molar-refractivity contribution in [1.82, 2.24) is 15.3 Å². The molecule has 7 nitrogen and oxygen atoms in total. The molecule has 2 aromatic heterocycles. The molecule has 0 bridgehead atoms. The van der Waals surface area contributed by atoms with E-state index in [9.17, 15) is 4.79 Å². The second kappa shape index (κ2) is 7.40. The zero-order valence-corrected chi connectivity index (χ0v) is 15.8. The minimum atomic E-state index is -0.242. The van der Waals surface area contributed by atoms with Gasteiger partial charge in [0.1, 0.15) is 23.9 Å². The van der Waals surface area contributed by atoms with E-state index in [4.69, 9.17) is 14.2 Å². The Morgan fingerprint density at radius 1 is 1.30 bits per heavy atom. The van der Waals surface area contributed by atoms with Crippen molar-refractivity contribution in [3.63, 3.8) is 0 Å². The number of aryl methyl sites for hydroxylation is 2. The fourth-order valence-electron chi connectivity index (χ4n) is 2.84. The third kappa shape index (κ3) is 3.66. The van der Waals surface area contributed by atoms with E-state index in [2.05, 4.69) is 15.3 Å². The molecule has 1 unspecified atom stereocenters. The third-order valence-electron chi connectivity index (χ3n) is 4.36. The molecule has 1 aliphatic rings. The molecule has 0 saturated heterocycles. The van der Waals surface area contributed by atoms with E-state index in [1.165, 1.54) is 6.33 Å². The van der Waals surface area contributed by atoms with Crippen LogP contribution in [-0.4, -0.2) is 41.7 Å². The number of hydrogen-bond donors (Lipinski definition) is 1. The number of rotatable bonds is 5. The first-order valence-corrected chi connectivity index (χ1v) is 9.42. The topological polar surface area (TPSA) is 82.6 Å². The molecule has 0 aliphatic carbocycles. The highest BCUT2D eigenvalue weighted by Gasteiger charge is 2.21. The number of para-hydroxylation sites is 2. The first kappa shape index (κ1) is 17.5. The number of hydrogen-bond acceptors (Lipinski definition) is 7. The first-order chi connectivity index (χ1) is 13.1. The highest BCUT2D eigenvalue weighted by atomic mass is 32.1. The van der Waals surface area contributed by atoms with Crippen molar-refractivity contribution in [2.24, 2.45) is 0 Å². The molecule has 1 amide bonds. The molecule has 0 saturated carbocycles. The van der Waals surface area contributed by atoms with Crippen LogP contribution in [0.15, 0.2) is 30.6 Å². The Morgan fingerprint density at radius 3 is 2.96 bits per heavy atom. The fraction of sp³-hybridized carbons (Fsp3) is 0.316. The minimum Gasteiger partial charge on any atom is -0.486 e. The Labute approximate surface area is 160 Å². The van der Waals surface area contributed by atoms with Gasteiger partial charge in [-0.15, -0.1) is 11.3 Å². The molecule has 0 radical (unpaired) electrons. The van der Waals surface area contributed by atoms with Gasteiger partial charge in [-0.1, -0.05) is 12.1 Å². The number of aromatic nitrogens is 2. The SMILES string of the molecule is Cc1sc2ncnc(OCC(=O)NCC3COc4ccccc4O3)c2c1C. The molecule has 8 heteroatoms. The van der Waals surface area contributed by atoms with Crippen LogP contribution < -0.4 is 19.5 Å². The summed E-state index contributed by atoms with van der Waals surface area (Å²) in [6, 6.07) is 7.47. The zero-order chi connectivity index (χ0) is 18.8. The Bertz CT molecular complexity index is 988. The lowest BCUT2D eigenvalue weighted by molar-refractivity contribution is -0.123. The van der Waals surface area contributed by atoms with Gasteiger partial charge in [0, 0.05) is 4.88 Å². The standard InChI is InChI=1S/C19H19N3O4S/c1-11-12(2)27-19-17(11)18(21-10-22-19)25-9-16(23)20-7-13-8-24-14-5-3-4-6-15(14)26-13/h3-6,10,13H,7-9H2,1-2H3,(H,20,23). The maximum atomic E-state index is 12.2. The minimum absolute atomic E-state index is 0.120. The second-order valence-corrected chi connectivity index (χ2v) is 7.44. The second-order valence-electron chi connectivity index (χ2n) is 6.23. The molecule has 3 heterocycles. The molecule has 0 spiro atoms. The average Bonchev–Trinajstić information content (AvgIpc) is 2.99. The summed E-state index contributed by atoms with van der Waals surface area (Å²) >= 11 is 1.59. The maximum Gasteiger partial charge on any atom is 0.258 e. The molecule has 0 fully saturated rings. The molecule has 3 aromatic rings. The van der Waals surface area contributed by atoms with Crippen LogP contribution in [0.5, 0.6) is 17.4 Å². The van der Waals surface area contributed by atoms with Crippen LogP contribution in [0.4, 0.5) is 0 Å². The lowest BCUT2D eigenvalue weighted by atomic mass is 10.2. The summed E-state index contributed by atoms with van der Waals surface area (Å²) in [7, 11) is 0. The van der Waals surface area contributed by atoms with Crippen LogP contribution in [0.2, 0.25) is 0 Å². The predicted octanol–water partition coefficient (Wildman–Crippen LogP) is 2.64. The van der Waals surface area contributed by atoms with Crippen LogP contribution in [-0.2, 0) is 4.79 Å². The van der Waals surface area contributed by atoms with Gasteiger partial charge >= 0.3 is 0 Å². The van der Waals surface area contributed by atoms with E-state index in [0.717, 1.165) is 26.4 Å². The summed E-state index contributed by atoms with van der Waals surface area (Å²) in [5.74, 6) is 1.60. The Morgan fingerprint density at radius 2 is 2.11 bits per heavy atom. The van der Waals surface area contributed by atoms with Crippen LogP contribution in [0.1, 0.15) is 10.4 Å². The number of fused-ring (bicyclic) bond motifs is 2. The summed E-state index contributed by atoms with van der Waals surface area (Å²) in [5.41, 5.74) is 1.08. The molecule has 1 N–H and O–H groups in total. The Hall–Kier alpha value is -2.87. The number of nitrogens with one attached hydrogen (secondary N) is 1. The van der Waals surface area contributed by atoms with Gasteiger partial charge in [0.15, 0.2) is 18.1 Å². The van der Waals surface area contributed by atoms with Crippen molar-refractivity contribution in [3.05, 3.63) is 41.0 Å². The van der Waals surface area contributed by atoms with E-state index in [-0.39, 0.29) is 18.6 Å². The smallest absolute Gasteiger partial charge is 0.258 e. The first-order valence-electron chi connectivity index (χ1n) is 8.60. The van der Waals surface area contributed by atoms with Crippen molar-refractivity contribution in [2.75, 3.05) is 19.8 Å². The lowest BCUT2D eigenvalue weighted by Gasteiger charge is -2.26. The van der Waals surface area contributed by atoms with Gasteiger partial charge in [0.05, 0.1) is 11.9 Å². The number of benzene rings is 1. The van der Waals surface area contributed by atoms with Crippen molar-refractivity contribution in [2.45, 2.75) is 20.0 Å². The van der Waals surface area contributed by atoms with Crippen LogP contribution in [0.3, 0.4) is 0 Å². The fourth-order valence-corrected chi connectivity index (χ4v) is 3.82. The number of thiophene rings is 1. The molecule has 140 valence electrons. The number of nitrogens with zero attached hydrogens (tertiary/aromatic N) is 2. The quantitative estimate of drug-likeness (QED) is 0.727. The molecular formula is C19H19N3O4S.